The average Bonchev–Trinajstić information content (AvgIpc) is 3.24. The second kappa shape index (κ2) is 6.74. The summed E-state index contributed by atoms with van der Waals surface area (Å²) in [4.78, 5) is 12.3. The molecule has 19 heavy (non-hydrogen) atoms. The lowest BCUT2D eigenvalue weighted by atomic mass is 9.88. The minimum absolute atomic E-state index is 0.0368. The van der Waals surface area contributed by atoms with Gasteiger partial charge in [-0.2, -0.15) is 0 Å². The number of rotatable bonds is 6. The average molecular weight is 267 g/mol. The van der Waals surface area contributed by atoms with Gasteiger partial charge in [-0.1, -0.05) is 32.6 Å². The Labute approximate surface area is 117 Å². The van der Waals surface area contributed by atoms with Crippen molar-refractivity contribution in [3.8, 4) is 0 Å². The van der Waals surface area contributed by atoms with Crippen molar-refractivity contribution in [3.63, 3.8) is 0 Å². The Balaban J connectivity index is 1.97. The van der Waals surface area contributed by atoms with Gasteiger partial charge in [-0.25, -0.2) is 0 Å². The first-order valence-electron chi connectivity index (χ1n) is 8.03. The Morgan fingerprint density at radius 2 is 2.00 bits per heavy atom. The van der Waals surface area contributed by atoms with E-state index in [1.807, 2.05) is 0 Å². The molecule has 3 nitrogen and oxygen atoms in total. The first-order chi connectivity index (χ1) is 9.20. The predicted octanol–water partition coefficient (Wildman–Crippen LogP) is 3.28. The van der Waals surface area contributed by atoms with Crippen molar-refractivity contribution in [2.45, 2.75) is 70.3 Å². The van der Waals surface area contributed by atoms with Crippen molar-refractivity contribution in [1.82, 2.24) is 5.32 Å². The third kappa shape index (κ3) is 3.95. The standard InChI is InChI=1S/C16H29NO2/c1-3-5-13-6-4-10-16(11-9-13,15(18)19-2)17-12-14-7-8-14/h13-14,17H,3-12H2,1-2H3. The number of hydrogen-bond donors (Lipinski definition) is 1. The van der Waals surface area contributed by atoms with E-state index in [0.717, 1.165) is 37.6 Å². The Kier molecular flexibility index (Phi) is 5.26. The maximum absolute atomic E-state index is 12.3. The zero-order valence-electron chi connectivity index (χ0n) is 12.5. The maximum Gasteiger partial charge on any atom is 0.326 e. The van der Waals surface area contributed by atoms with Crippen LogP contribution in [0.1, 0.15) is 64.7 Å². The smallest absolute Gasteiger partial charge is 0.326 e. The molecule has 2 aliphatic carbocycles. The summed E-state index contributed by atoms with van der Waals surface area (Å²) in [6.07, 6.45) is 10.7. The van der Waals surface area contributed by atoms with E-state index < -0.39 is 0 Å². The topological polar surface area (TPSA) is 38.3 Å². The van der Waals surface area contributed by atoms with E-state index in [1.165, 1.54) is 45.6 Å². The summed E-state index contributed by atoms with van der Waals surface area (Å²) in [6, 6.07) is 0. The maximum atomic E-state index is 12.3. The number of ether oxygens (including phenoxy) is 1. The highest BCUT2D eigenvalue weighted by atomic mass is 16.5. The van der Waals surface area contributed by atoms with Crippen LogP contribution in [0.15, 0.2) is 0 Å². The van der Waals surface area contributed by atoms with Gasteiger partial charge in [0, 0.05) is 0 Å². The third-order valence-electron chi connectivity index (χ3n) is 4.89. The van der Waals surface area contributed by atoms with Crippen LogP contribution in [0.2, 0.25) is 0 Å². The van der Waals surface area contributed by atoms with E-state index >= 15 is 0 Å². The molecular weight excluding hydrogens is 238 g/mol. The van der Waals surface area contributed by atoms with Gasteiger partial charge in [-0.3, -0.25) is 4.79 Å². The Morgan fingerprint density at radius 3 is 2.63 bits per heavy atom. The van der Waals surface area contributed by atoms with Gasteiger partial charge in [0.1, 0.15) is 5.54 Å². The highest BCUT2D eigenvalue weighted by Crippen LogP contribution is 2.35. The fraction of sp³-hybridized carbons (Fsp3) is 0.938. The molecule has 3 heteroatoms. The summed E-state index contributed by atoms with van der Waals surface area (Å²) in [7, 11) is 1.53. The van der Waals surface area contributed by atoms with Crippen LogP contribution >= 0.6 is 0 Å². The lowest BCUT2D eigenvalue weighted by Crippen LogP contribution is -2.53. The molecule has 2 saturated carbocycles. The van der Waals surface area contributed by atoms with Crippen LogP contribution in [-0.2, 0) is 9.53 Å². The summed E-state index contributed by atoms with van der Waals surface area (Å²) >= 11 is 0. The van der Waals surface area contributed by atoms with Crippen LogP contribution in [0.5, 0.6) is 0 Å². The minimum atomic E-state index is -0.389. The molecule has 2 aliphatic rings. The van der Waals surface area contributed by atoms with Crippen LogP contribution in [0, 0.1) is 11.8 Å². The van der Waals surface area contributed by atoms with Gasteiger partial charge in [0.05, 0.1) is 7.11 Å². The fourth-order valence-electron chi connectivity index (χ4n) is 3.42. The molecule has 2 rings (SSSR count). The quantitative estimate of drug-likeness (QED) is 0.593. The van der Waals surface area contributed by atoms with Gasteiger partial charge in [0.2, 0.25) is 0 Å². The van der Waals surface area contributed by atoms with Gasteiger partial charge in [-0.15, -0.1) is 0 Å². The molecule has 0 aromatic carbocycles. The normalized spacial score (nSPS) is 31.8. The predicted molar refractivity (Wildman–Crippen MR) is 77.0 cm³/mol. The van der Waals surface area contributed by atoms with Crippen molar-refractivity contribution in [2.24, 2.45) is 11.8 Å². The van der Waals surface area contributed by atoms with Crippen molar-refractivity contribution in [2.75, 3.05) is 13.7 Å². The summed E-state index contributed by atoms with van der Waals surface area (Å²) in [6.45, 7) is 3.25. The van der Waals surface area contributed by atoms with Crippen LogP contribution in [0.4, 0.5) is 0 Å². The first kappa shape index (κ1) is 14.8. The lowest BCUT2D eigenvalue weighted by Gasteiger charge is -2.31. The number of methoxy groups -OCH3 is 1. The first-order valence-corrected chi connectivity index (χ1v) is 8.03. The molecule has 0 saturated heterocycles. The molecule has 110 valence electrons. The molecule has 1 N–H and O–H groups in total. The monoisotopic (exact) mass is 267 g/mol. The van der Waals surface area contributed by atoms with Crippen LogP contribution in [0.25, 0.3) is 0 Å². The molecule has 0 aromatic heterocycles. The fourth-order valence-corrected chi connectivity index (χ4v) is 3.42. The van der Waals surface area contributed by atoms with Gasteiger partial charge >= 0.3 is 5.97 Å². The van der Waals surface area contributed by atoms with Crippen LogP contribution in [0.3, 0.4) is 0 Å². The highest BCUT2D eigenvalue weighted by molar-refractivity contribution is 5.80. The highest BCUT2D eigenvalue weighted by Gasteiger charge is 2.41. The van der Waals surface area contributed by atoms with E-state index in [2.05, 4.69) is 12.2 Å². The second-order valence-electron chi connectivity index (χ2n) is 6.48. The van der Waals surface area contributed by atoms with E-state index in [-0.39, 0.29) is 11.5 Å². The third-order valence-corrected chi connectivity index (χ3v) is 4.89. The van der Waals surface area contributed by atoms with Crippen LogP contribution in [-0.4, -0.2) is 25.2 Å². The molecule has 0 aromatic rings. The lowest BCUT2D eigenvalue weighted by molar-refractivity contribution is -0.149. The number of carbonyl (C=O) groups is 1. The summed E-state index contributed by atoms with van der Waals surface area (Å²) in [5, 5.41) is 3.58. The number of carbonyl (C=O) groups excluding carboxylic acids is 1. The molecule has 0 amide bonds. The Bertz CT molecular complexity index is 301. The van der Waals surface area contributed by atoms with Crippen LogP contribution < -0.4 is 5.32 Å². The van der Waals surface area contributed by atoms with E-state index in [1.54, 1.807) is 0 Å². The molecule has 0 radical (unpaired) electrons. The molecule has 0 bridgehead atoms. The Hall–Kier alpha value is -0.570. The number of esters is 1. The molecule has 2 atom stereocenters. The van der Waals surface area contributed by atoms with Crippen molar-refractivity contribution >= 4 is 5.97 Å². The van der Waals surface area contributed by atoms with Gasteiger partial charge in [-0.05, 0) is 50.5 Å². The van der Waals surface area contributed by atoms with Gasteiger partial charge < -0.3 is 10.1 Å². The zero-order valence-corrected chi connectivity index (χ0v) is 12.5. The van der Waals surface area contributed by atoms with Crippen molar-refractivity contribution in [1.29, 1.82) is 0 Å². The molecule has 0 aliphatic heterocycles. The molecule has 0 spiro atoms. The number of nitrogens with one attached hydrogen (secondary N) is 1. The van der Waals surface area contributed by atoms with E-state index in [9.17, 15) is 4.79 Å². The zero-order chi connectivity index (χ0) is 13.7. The number of hydrogen-bond acceptors (Lipinski definition) is 3. The van der Waals surface area contributed by atoms with Gasteiger partial charge in [0.15, 0.2) is 0 Å². The minimum Gasteiger partial charge on any atom is -0.468 e. The second-order valence-corrected chi connectivity index (χ2v) is 6.48. The SMILES string of the molecule is CCCC1CCCC(NCC2CC2)(C(=O)OC)CC1. The molecule has 0 heterocycles. The van der Waals surface area contributed by atoms with Gasteiger partial charge in [0.25, 0.3) is 0 Å². The van der Waals surface area contributed by atoms with E-state index in [4.69, 9.17) is 4.74 Å². The van der Waals surface area contributed by atoms with E-state index in [0.29, 0.717) is 0 Å². The summed E-state index contributed by atoms with van der Waals surface area (Å²) < 4.78 is 5.10. The molecular formula is C16H29NO2. The van der Waals surface area contributed by atoms with Crippen molar-refractivity contribution < 1.29 is 9.53 Å². The summed E-state index contributed by atoms with van der Waals surface area (Å²) in [5.74, 6) is 1.57. The van der Waals surface area contributed by atoms with Crippen molar-refractivity contribution in [3.05, 3.63) is 0 Å². The summed E-state index contributed by atoms with van der Waals surface area (Å²) in [5.41, 5.74) is -0.389. The molecule has 2 unspecified atom stereocenters. The largest absolute Gasteiger partial charge is 0.468 e. The molecule has 2 fully saturated rings. The Morgan fingerprint density at radius 1 is 1.21 bits per heavy atom.